The molecule has 1 heterocycles. The lowest BCUT2D eigenvalue weighted by molar-refractivity contribution is -0.275. The minimum atomic E-state index is -5.17. The van der Waals surface area contributed by atoms with E-state index in [0.29, 0.717) is 6.20 Å². The molecule has 1 aromatic rings. The van der Waals surface area contributed by atoms with Crippen molar-refractivity contribution in [3.05, 3.63) is 17.5 Å². The zero-order valence-electron chi connectivity index (χ0n) is 10.8. The van der Waals surface area contributed by atoms with Crippen LogP contribution >= 0.6 is 0 Å². The van der Waals surface area contributed by atoms with Crippen LogP contribution in [0.1, 0.15) is 17.7 Å². The van der Waals surface area contributed by atoms with Crippen molar-refractivity contribution in [2.45, 2.75) is 19.2 Å². The highest BCUT2D eigenvalue weighted by Crippen LogP contribution is 2.40. The van der Waals surface area contributed by atoms with Gasteiger partial charge in [-0.05, 0) is 0 Å². The molecular weight excluding hydrogens is 305 g/mol. The van der Waals surface area contributed by atoms with E-state index in [-0.39, 0.29) is 5.69 Å². The molecular formula is C11H10F5NO4. The van der Waals surface area contributed by atoms with Gasteiger partial charge in [-0.25, -0.2) is 8.78 Å². The quantitative estimate of drug-likeness (QED) is 0.617. The number of carbonyl (C=O) groups is 1. The molecule has 118 valence electrons. The predicted octanol–water partition coefficient (Wildman–Crippen LogP) is 2.64. The van der Waals surface area contributed by atoms with E-state index < -0.39 is 42.2 Å². The molecule has 0 bridgehead atoms. The van der Waals surface area contributed by atoms with Crippen LogP contribution in [-0.2, 0) is 16.0 Å². The Bertz CT molecular complexity index is 518. The highest BCUT2D eigenvalue weighted by atomic mass is 19.4. The Kier molecular flexibility index (Phi) is 5.28. The second kappa shape index (κ2) is 6.55. The summed E-state index contributed by atoms with van der Waals surface area (Å²) in [5, 5.41) is 0. The number of rotatable bonds is 5. The van der Waals surface area contributed by atoms with Crippen LogP contribution in [-0.4, -0.2) is 31.5 Å². The third-order valence-corrected chi connectivity index (χ3v) is 2.30. The number of ether oxygens (including phenoxy) is 3. The van der Waals surface area contributed by atoms with E-state index in [4.69, 9.17) is 0 Å². The molecule has 1 rings (SSSR count). The van der Waals surface area contributed by atoms with Gasteiger partial charge in [0.15, 0.2) is 11.5 Å². The van der Waals surface area contributed by atoms with E-state index in [1.807, 2.05) is 0 Å². The SMILES string of the molecule is COC(=O)Cc1ncc(OC(F)(F)F)c(C(F)F)c1OC. The van der Waals surface area contributed by atoms with Crippen molar-refractivity contribution in [1.82, 2.24) is 4.98 Å². The second-order valence-electron chi connectivity index (χ2n) is 3.62. The Morgan fingerprint density at radius 1 is 1.33 bits per heavy atom. The third-order valence-electron chi connectivity index (χ3n) is 2.30. The summed E-state index contributed by atoms with van der Waals surface area (Å²) in [5.41, 5.74) is -1.42. The van der Waals surface area contributed by atoms with Gasteiger partial charge >= 0.3 is 12.3 Å². The van der Waals surface area contributed by atoms with Crippen molar-refractivity contribution >= 4 is 5.97 Å². The van der Waals surface area contributed by atoms with Crippen LogP contribution in [0, 0.1) is 0 Å². The molecule has 5 nitrogen and oxygen atoms in total. The Morgan fingerprint density at radius 2 is 1.95 bits per heavy atom. The first kappa shape index (κ1) is 16.9. The molecule has 0 N–H and O–H groups in total. The van der Waals surface area contributed by atoms with E-state index in [0.717, 1.165) is 14.2 Å². The Balaban J connectivity index is 3.34. The van der Waals surface area contributed by atoms with Crippen LogP contribution in [0.5, 0.6) is 11.5 Å². The molecule has 0 unspecified atom stereocenters. The number of methoxy groups -OCH3 is 2. The summed E-state index contributed by atoms with van der Waals surface area (Å²) in [4.78, 5) is 14.6. The molecule has 0 aliphatic rings. The monoisotopic (exact) mass is 315 g/mol. The van der Waals surface area contributed by atoms with Crippen molar-refractivity contribution < 1.29 is 41.0 Å². The summed E-state index contributed by atoms with van der Waals surface area (Å²) in [6.45, 7) is 0. The van der Waals surface area contributed by atoms with Gasteiger partial charge in [0.1, 0.15) is 5.56 Å². The fraction of sp³-hybridized carbons (Fsp3) is 0.455. The van der Waals surface area contributed by atoms with Gasteiger partial charge in [-0.15, -0.1) is 13.2 Å². The fourth-order valence-electron chi connectivity index (χ4n) is 1.51. The number of carbonyl (C=O) groups excluding carboxylic acids is 1. The van der Waals surface area contributed by atoms with Gasteiger partial charge in [0, 0.05) is 0 Å². The maximum atomic E-state index is 13.0. The van der Waals surface area contributed by atoms with Crippen molar-refractivity contribution in [2.75, 3.05) is 14.2 Å². The molecule has 0 aliphatic heterocycles. The molecule has 0 saturated heterocycles. The highest BCUT2D eigenvalue weighted by molar-refractivity contribution is 5.73. The number of hydrogen-bond acceptors (Lipinski definition) is 5. The molecule has 0 fully saturated rings. The smallest absolute Gasteiger partial charge is 0.494 e. The maximum absolute atomic E-state index is 13.0. The first-order valence-electron chi connectivity index (χ1n) is 5.36. The third kappa shape index (κ3) is 4.43. The van der Waals surface area contributed by atoms with E-state index >= 15 is 0 Å². The van der Waals surface area contributed by atoms with Gasteiger partial charge in [0.25, 0.3) is 6.43 Å². The van der Waals surface area contributed by atoms with Crippen molar-refractivity contribution in [1.29, 1.82) is 0 Å². The summed E-state index contributed by atoms with van der Waals surface area (Å²) in [6, 6.07) is 0. The predicted molar refractivity (Wildman–Crippen MR) is 58.1 cm³/mol. The lowest BCUT2D eigenvalue weighted by atomic mass is 10.1. The molecule has 0 aromatic carbocycles. The van der Waals surface area contributed by atoms with E-state index in [9.17, 15) is 26.7 Å². The summed E-state index contributed by atoms with van der Waals surface area (Å²) in [7, 11) is 2.02. The number of halogens is 5. The zero-order chi connectivity index (χ0) is 16.2. The van der Waals surface area contributed by atoms with E-state index in [1.54, 1.807) is 0 Å². The number of nitrogens with zero attached hydrogens (tertiary/aromatic N) is 1. The molecule has 0 aliphatic carbocycles. The number of pyridine rings is 1. The lowest BCUT2D eigenvalue weighted by Gasteiger charge is -2.17. The Labute approximate surface area is 115 Å². The van der Waals surface area contributed by atoms with Gasteiger partial charge in [0.05, 0.1) is 32.5 Å². The molecule has 0 spiro atoms. The van der Waals surface area contributed by atoms with Crippen molar-refractivity contribution in [3.8, 4) is 11.5 Å². The highest BCUT2D eigenvalue weighted by Gasteiger charge is 2.35. The van der Waals surface area contributed by atoms with E-state index in [1.165, 1.54) is 0 Å². The lowest BCUT2D eigenvalue weighted by Crippen LogP contribution is -2.19. The van der Waals surface area contributed by atoms with Crippen molar-refractivity contribution in [2.24, 2.45) is 0 Å². The summed E-state index contributed by atoms with van der Waals surface area (Å²) >= 11 is 0. The van der Waals surface area contributed by atoms with Crippen LogP contribution in [0.2, 0.25) is 0 Å². The normalized spacial score (nSPS) is 11.4. The topological polar surface area (TPSA) is 57.7 Å². The first-order chi connectivity index (χ1) is 9.69. The zero-order valence-corrected chi connectivity index (χ0v) is 10.8. The van der Waals surface area contributed by atoms with Gasteiger partial charge in [0.2, 0.25) is 0 Å². The van der Waals surface area contributed by atoms with Crippen LogP contribution in [0.4, 0.5) is 22.0 Å². The largest absolute Gasteiger partial charge is 0.573 e. The molecule has 0 amide bonds. The van der Waals surface area contributed by atoms with Crippen LogP contribution < -0.4 is 9.47 Å². The molecule has 21 heavy (non-hydrogen) atoms. The summed E-state index contributed by atoms with van der Waals surface area (Å²) in [5.74, 6) is -2.66. The molecule has 0 radical (unpaired) electrons. The Hall–Kier alpha value is -2.13. The second-order valence-corrected chi connectivity index (χ2v) is 3.62. The number of alkyl halides is 5. The standard InChI is InChI=1S/C11H10F5NO4/c1-19-7(18)3-5-9(20-2)8(10(12)13)6(4-17-5)21-11(14,15)16/h4,10H,3H2,1-2H3. The molecule has 10 heteroatoms. The van der Waals surface area contributed by atoms with Gasteiger partial charge in [-0.2, -0.15) is 0 Å². The maximum Gasteiger partial charge on any atom is 0.573 e. The molecule has 0 atom stereocenters. The van der Waals surface area contributed by atoms with Gasteiger partial charge in [-0.3, -0.25) is 9.78 Å². The number of esters is 1. The fourth-order valence-corrected chi connectivity index (χ4v) is 1.51. The van der Waals surface area contributed by atoms with Gasteiger partial charge in [-0.1, -0.05) is 0 Å². The van der Waals surface area contributed by atoms with Crippen LogP contribution in [0.3, 0.4) is 0 Å². The summed E-state index contributed by atoms with van der Waals surface area (Å²) < 4.78 is 74.9. The summed E-state index contributed by atoms with van der Waals surface area (Å²) in [6.07, 6.45) is -8.57. The molecule has 1 aromatic heterocycles. The van der Waals surface area contributed by atoms with E-state index in [2.05, 4.69) is 19.2 Å². The van der Waals surface area contributed by atoms with Crippen LogP contribution in [0.15, 0.2) is 6.20 Å². The average molecular weight is 315 g/mol. The minimum Gasteiger partial charge on any atom is -0.494 e. The average Bonchev–Trinajstić information content (AvgIpc) is 2.37. The van der Waals surface area contributed by atoms with Gasteiger partial charge < -0.3 is 14.2 Å². The first-order valence-corrected chi connectivity index (χ1v) is 5.36. The number of aromatic nitrogens is 1. The number of hydrogen-bond donors (Lipinski definition) is 0. The molecule has 0 saturated carbocycles. The minimum absolute atomic E-state index is 0.283. The van der Waals surface area contributed by atoms with Crippen molar-refractivity contribution in [3.63, 3.8) is 0 Å². The van der Waals surface area contributed by atoms with Crippen LogP contribution in [0.25, 0.3) is 0 Å². The Morgan fingerprint density at radius 3 is 2.38 bits per heavy atom.